The number of fused-ring (bicyclic) bond motifs is 1. The normalized spacial score (nSPS) is 15.0. The quantitative estimate of drug-likeness (QED) is 0.248. The van der Waals surface area contributed by atoms with Crippen molar-refractivity contribution in [2.45, 2.75) is 45.7 Å². The van der Waals surface area contributed by atoms with Crippen LogP contribution in [0, 0.1) is 5.92 Å². The van der Waals surface area contributed by atoms with Crippen molar-refractivity contribution in [2.24, 2.45) is 5.92 Å². The van der Waals surface area contributed by atoms with Crippen LogP contribution in [-0.2, 0) is 6.54 Å². The van der Waals surface area contributed by atoms with E-state index in [0.29, 0.717) is 6.04 Å². The fourth-order valence-electron chi connectivity index (χ4n) is 4.97. The number of rotatable bonds is 9. The highest BCUT2D eigenvalue weighted by Gasteiger charge is 2.27. The number of benzene rings is 2. The fraction of sp³-hybridized carbons (Fsp3) is 0.400. The van der Waals surface area contributed by atoms with E-state index in [1.54, 1.807) is 0 Å². The molecular weight excluding hydrogens is 462 g/mol. The molecule has 3 heterocycles. The highest BCUT2D eigenvalue weighted by atomic mass is 32.1. The van der Waals surface area contributed by atoms with Crippen molar-refractivity contribution in [1.82, 2.24) is 14.9 Å². The lowest BCUT2D eigenvalue weighted by atomic mass is 10.0. The summed E-state index contributed by atoms with van der Waals surface area (Å²) in [5, 5.41) is 1.15. The molecule has 6 heteroatoms. The largest absolute Gasteiger partial charge is 0.345 e. The molecule has 0 bridgehead atoms. The minimum absolute atomic E-state index is 0.514. The Balaban J connectivity index is 1.34. The average molecular weight is 500 g/mol. The van der Waals surface area contributed by atoms with E-state index in [2.05, 4.69) is 89.1 Å². The second-order valence-electron chi connectivity index (χ2n) is 10.3. The molecule has 0 amide bonds. The van der Waals surface area contributed by atoms with Gasteiger partial charge in [0.2, 0.25) is 0 Å². The molecular formula is C30H37N5S. The zero-order valence-corrected chi connectivity index (χ0v) is 22.5. The topological polar surface area (TPSA) is 35.5 Å². The van der Waals surface area contributed by atoms with Crippen LogP contribution in [0.5, 0.6) is 0 Å². The summed E-state index contributed by atoms with van der Waals surface area (Å²) in [5.74, 6) is 0.766. The van der Waals surface area contributed by atoms with Crippen LogP contribution in [0.2, 0.25) is 0 Å². The van der Waals surface area contributed by atoms with Gasteiger partial charge in [0.1, 0.15) is 0 Å². The van der Waals surface area contributed by atoms with Crippen molar-refractivity contribution in [3.63, 3.8) is 0 Å². The lowest BCUT2D eigenvalue weighted by Gasteiger charge is -2.39. The van der Waals surface area contributed by atoms with Gasteiger partial charge >= 0.3 is 0 Å². The van der Waals surface area contributed by atoms with E-state index < -0.39 is 0 Å². The van der Waals surface area contributed by atoms with Gasteiger partial charge in [-0.1, -0.05) is 49.4 Å². The van der Waals surface area contributed by atoms with E-state index >= 15 is 0 Å². The molecule has 0 spiro atoms. The molecule has 0 aliphatic carbocycles. The summed E-state index contributed by atoms with van der Waals surface area (Å²) in [5.41, 5.74) is 4.74. The Morgan fingerprint density at radius 3 is 2.33 bits per heavy atom. The number of piperidine rings is 1. The predicted octanol–water partition coefficient (Wildman–Crippen LogP) is 6.98. The second-order valence-corrected chi connectivity index (χ2v) is 11.3. The molecule has 1 saturated heterocycles. The average Bonchev–Trinajstić information content (AvgIpc) is 3.35. The number of pyridine rings is 1. The van der Waals surface area contributed by atoms with Crippen LogP contribution in [0.25, 0.3) is 10.2 Å². The third-order valence-corrected chi connectivity index (χ3v) is 8.35. The van der Waals surface area contributed by atoms with Gasteiger partial charge in [0, 0.05) is 56.5 Å². The maximum atomic E-state index is 5.07. The Kier molecular flexibility index (Phi) is 7.83. The summed E-state index contributed by atoms with van der Waals surface area (Å²) in [6, 6.07) is 22.1. The Morgan fingerprint density at radius 2 is 1.64 bits per heavy atom. The Morgan fingerprint density at radius 1 is 0.944 bits per heavy atom. The number of anilines is 3. The van der Waals surface area contributed by atoms with Crippen molar-refractivity contribution in [3.05, 3.63) is 78.6 Å². The van der Waals surface area contributed by atoms with Crippen molar-refractivity contribution < 1.29 is 0 Å². The minimum atomic E-state index is 0.514. The first-order chi connectivity index (χ1) is 17.6. The molecule has 5 rings (SSSR count). The SMILES string of the molecule is CC(C)CCN1CCC(N(Cc2ccc(N(C)c3ccncc3)cc2)c2nc3ccccc3s2)CC1. The number of thiazole rings is 1. The molecule has 4 aromatic rings. The molecule has 0 saturated carbocycles. The van der Waals surface area contributed by atoms with Crippen LogP contribution >= 0.6 is 11.3 Å². The molecule has 0 N–H and O–H groups in total. The smallest absolute Gasteiger partial charge is 0.186 e. The molecule has 2 aromatic heterocycles. The van der Waals surface area contributed by atoms with Crippen LogP contribution in [0.3, 0.4) is 0 Å². The first kappa shape index (κ1) is 24.7. The van der Waals surface area contributed by atoms with Gasteiger partial charge in [-0.25, -0.2) is 4.98 Å². The lowest BCUT2D eigenvalue weighted by Crippen LogP contribution is -2.45. The number of likely N-dealkylation sites (tertiary alicyclic amines) is 1. The molecule has 188 valence electrons. The van der Waals surface area contributed by atoms with E-state index in [4.69, 9.17) is 4.98 Å². The molecule has 1 fully saturated rings. The van der Waals surface area contributed by atoms with Gasteiger partial charge in [0.05, 0.1) is 10.2 Å². The van der Waals surface area contributed by atoms with Gasteiger partial charge in [-0.05, 0) is 73.7 Å². The molecule has 0 radical (unpaired) electrons. The van der Waals surface area contributed by atoms with Crippen LogP contribution in [0.15, 0.2) is 73.1 Å². The Hall–Kier alpha value is -2.96. The zero-order chi connectivity index (χ0) is 24.9. The summed E-state index contributed by atoms with van der Waals surface area (Å²) in [6.45, 7) is 9.10. The number of nitrogens with zero attached hydrogens (tertiary/aromatic N) is 5. The predicted molar refractivity (Wildman–Crippen MR) is 153 cm³/mol. The third kappa shape index (κ3) is 5.88. The molecule has 0 unspecified atom stereocenters. The molecule has 0 atom stereocenters. The van der Waals surface area contributed by atoms with Crippen LogP contribution in [0.4, 0.5) is 16.5 Å². The summed E-state index contributed by atoms with van der Waals surface area (Å²) in [7, 11) is 2.10. The van der Waals surface area contributed by atoms with Crippen molar-refractivity contribution >= 4 is 38.1 Å². The molecule has 36 heavy (non-hydrogen) atoms. The van der Waals surface area contributed by atoms with Crippen molar-refractivity contribution in [3.8, 4) is 0 Å². The minimum Gasteiger partial charge on any atom is -0.345 e. The Labute approximate surface area is 219 Å². The number of aromatic nitrogens is 2. The van der Waals surface area contributed by atoms with Crippen LogP contribution in [-0.4, -0.2) is 47.6 Å². The van der Waals surface area contributed by atoms with E-state index in [-0.39, 0.29) is 0 Å². The molecule has 5 nitrogen and oxygen atoms in total. The van der Waals surface area contributed by atoms with Gasteiger partial charge in [0.15, 0.2) is 5.13 Å². The zero-order valence-electron chi connectivity index (χ0n) is 21.7. The van der Waals surface area contributed by atoms with E-state index in [9.17, 15) is 0 Å². The van der Waals surface area contributed by atoms with Gasteiger partial charge < -0.3 is 14.7 Å². The van der Waals surface area contributed by atoms with Gasteiger partial charge in [-0.2, -0.15) is 0 Å². The summed E-state index contributed by atoms with van der Waals surface area (Å²) in [6.07, 6.45) is 7.34. The number of hydrogen-bond acceptors (Lipinski definition) is 6. The van der Waals surface area contributed by atoms with Crippen molar-refractivity contribution in [2.75, 3.05) is 36.5 Å². The van der Waals surface area contributed by atoms with Gasteiger partial charge in [-0.15, -0.1) is 0 Å². The monoisotopic (exact) mass is 499 g/mol. The first-order valence-corrected chi connectivity index (χ1v) is 14.0. The Bertz CT molecular complexity index is 1200. The van der Waals surface area contributed by atoms with E-state index in [1.165, 1.54) is 54.8 Å². The molecule has 1 aliphatic heterocycles. The van der Waals surface area contributed by atoms with Crippen LogP contribution < -0.4 is 9.80 Å². The summed E-state index contributed by atoms with van der Waals surface area (Å²) < 4.78 is 1.26. The highest BCUT2D eigenvalue weighted by Crippen LogP contribution is 2.34. The number of para-hydroxylation sites is 1. The highest BCUT2D eigenvalue weighted by molar-refractivity contribution is 7.22. The van der Waals surface area contributed by atoms with Gasteiger partial charge in [0.25, 0.3) is 0 Å². The summed E-state index contributed by atoms with van der Waals surface area (Å²) in [4.78, 5) is 16.6. The fourth-order valence-corrected chi connectivity index (χ4v) is 6.01. The van der Waals surface area contributed by atoms with E-state index in [1.807, 2.05) is 35.9 Å². The standard InChI is InChI=1S/C30H37N5S/c1-23(2)14-19-34-20-15-27(16-21-34)35(30-32-28-6-4-5-7-29(28)36-30)22-24-8-10-25(11-9-24)33(3)26-12-17-31-18-13-26/h4-13,17-18,23,27H,14-16,19-22H2,1-3H3. The van der Waals surface area contributed by atoms with E-state index in [0.717, 1.165) is 28.8 Å². The molecule has 2 aromatic carbocycles. The first-order valence-electron chi connectivity index (χ1n) is 13.1. The second kappa shape index (κ2) is 11.4. The maximum absolute atomic E-state index is 5.07. The van der Waals surface area contributed by atoms with Gasteiger partial charge in [-0.3, -0.25) is 4.98 Å². The van der Waals surface area contributed by atoms with Crippen LogP contribution in [0.1, 0.15) is 38.7 Å². The van der Waals surface area contributed by atoms with Crippen molar-refractivity contribution in [1.29, 1.82) is 0 Å². The third-order valence-electron chi connectivity index (χ3n) is 7.28. The summed E-state index contributed by atoms with van der Waals surface area (Å²) >= 11 is 1.83. The lowest BCUT2D eigenvalue weighted by molar-refractivity contribution is 0.199. The number of hydrogen-bond donors (Lipinski definition) is 0. The maximum Gasteiger partial charge on any atom is 0.186 e. The molecule has 1 aliphatic rings.